The SMILES string of the molecule is CC1(C)[C@@H]2CC[C@@]3(C)CCC(=O)C=C3[C@@]2(C)CCC12OCCO2. The molecule has 0 N–H and O–H groups in total. The van der Waals surface area contributed by atoms with E-state index in [1.165, 1.54) is 18.4 Å². The number of allylic oxidation sites excluding steroid dienone is 2. The Morgan fingerprint density at radius 1 is 1.00 bits per heavy atom. The van der Waals surface area contributed by atoms with Gasteiger partial charge in [-0.05, 0) is 48.5 Å². The average Bonchev–Trinajstić information content (AvgIpc) is 2.96. The number of hydrogen-bond donors (Lipinski definition) is 0. The molecule has 3 aliphatic carbocycles. The smallest absolute Gasteiger partial charge is 0.173 e. The third kappa shape index (κ3) is 1.93. The summed E-state index contributed by atoms with van der Waals surface area (Å²) < 4.78 is 12.3. The van der Waals surface area contributed by atoms with Gasteiger partial charge in [0.05, 0.1) is 13.2 Å². The van der Waals surface area contributed by atoms with Crippen LogP contribution in [0.25, 0.3) is 0 Å². The molecule has 23 heavy (non-hydrogen) atoms. The number of ether oxygens (including phenoxy) is 2. The van der Waals surface area contributed by atoms with Gasteiger partial charge in [0.15, 0.2) is 11.6 Å². The van der Waals surface area contributed by atoms with Crippen LogP contribution in [0.4, 0.5) is 0 Å². The predicted molar refractivity (Wildman–Crippen MR) is 88.9 cm³/mol. The van der Waals surface area contributed by atoms with E-state index in [9.17, 15) is 4.79 Å². The topological polar surface area (TPSA) is 35.5 Å². The van der Waals surface area contributed by atoms with E-state index in [4.69, 9.17) is 9.47 Å². The Labute approximate surface area is 139 Å². The quantitative estimate of drug-likeness (QED) is 0.669. The summed E-state index contributed by atoms with van der Waals surface area (Å²) in [5.41, 5.74) is 1.72. The van der Waals surface area contributed by atoms with Gasteiger partial charge in [-0.15, -0.1) is 0 Å². The maximum Gasteiger partial charge on any atom is 0.173 e. The van der Waals surface area contributed by atoms with Crippen LogP contribution >= 0.6 is 0 Å². The van der Waals surface area contributed by atoms with Gasteiger partial charge in [0.25, 0.3) is 0 Å². The van der Waals surface area contributed by atoms with Crippen LogP contribution in [0, 0.1) is 22.2 Å². The fourth-order valence-corrected chi connectivity index (χ4v) is 6.47. The largest absolute Gasteiger partial charge is 0.347 e. The van der Waals surface area contributed by atoms with Crippen molar-refractivity contribution in [2.75, 3.05) is 13.2 Å². The fourth-order valence-electron chi connectivity index (χ4n) is 6.47. The molecule has 128 valence electrons. The standard InChI is InChI=1S/C20H30O3/c1-17(2)15-6-8-18(3)7-5-14(21)13-16(18)19(15,4)9-10-20(17)22-11-12-23-20/h13,15H,5-12H2,1-4H3/t15-,18+,19-/m0/s1. The second-order valence-corrected chi connectivity index (χ2v) is 9.27. The highest BCUT2D eigenvalue weighted by atomic mass is 16.7. The molecule has 3 heteroatoms. The molecule has 1 aliphatic heterocycles. The zero-order valence-corrected chi connectivity index (χ0v) is 15.0. The number of carbonyl (C=O) groups excluding carboxylic acids is 1. The Balaban J connectivity index is 1.79. The summed E-state index contributed by atoms with van der Waals surface area (Å²) in [4.78, 5) is 12.2. The summed E-state index contributed by atoms with van der Waals surface area (Å²) in [6, 6.07) is 0. The van der Waals surface area contributed by atoms with E-state index in [0.29, 0.717) is 24.9 Å². The Bertz CT molecular complexity index is 569. The maximum absolute atomic E-state index is 12.2. The number of rotatable bonds is 0. The Kier molecular flexibility index (Phi) is 3.23. The molecule has 0 aromatic heterocycles. The zero-order chi connectivity index (χ0) is 16.5. The van der Waals surface area contributed by atoms with Crippen LogP contribution in [0.3, 0.4) is 0 Å². The molecule has 0 radical (unpaired) electrons. The molecule has 0 aromatic rings. The minimum atomic E-state index is -0.413. The molecule has 1 spiro atoms. The molecule has 3 atom stereocenters. The van der Waals surface area contributed by atoms with Crippen LogP contribution in [0.5, 0.6) is 0 Å². The van der Waals surface area contributed by atoms with Gasteiger partial charge in [0.1, 0.15) is 0 Å². The van der Waals surface area contributed by atoms with E-state index in [0.717, 1.165) is 25.7 Å². The number of ketones is 1. The summed E-state index contributed by atoms with van der Waals surface area (Å²) in [6.07, 6.45) is 8.16. The Morgan fingerprint density at radius 2 is 1.70 bits per heavy atom. The van der Waals surface area contributed by atoms with Crippen LogP contribution in [0.15, 0.2) is 11.6 Å². The van der Waals surface area contributed by atoms with Gasteiger partial charge in [0, 0.05) is 18.3 Å². The summed E-state index contributed by atoms with van der Waals surface area (Å²) >= 11 is 0. The van der Waals surface area contributed by atoms with E-state index in [1.54, 1.807) is 0 Å². The maximum atomic E-state index is 12.2. The van der Waals surface area contributed by atoms with Crippen molar-refractivity contribution < 1.29 is 14.3 Å². The number of carbonyl (C=O) groups is 1. The van der Waals surface area contributed by atoms with Crippen LogP contribution in [-0.2, 0) is 14.3 Å². The van der Waals surface area contributed by atoms with Crippen molar-refractivity contribution in [3.05, 3.63) is 11.6 Å². The Hall–Kier alpha value is -0.670. The van der Waals surface area contributed by atoms with E-state index in [-0.39, 0.29) is 16.2 Å². The third-order valence-electron chi connectivity index (χ3n) is 7.83. The second kappa shape index (κ2) is 4.70. The molecular weight excluding hydrogens is 288 g/mol. The minimum Gasteiger partial charge on any atom is -0.347 e. The fraction of sp³-hybridized carbons (Fsp3) is 0.850. The molecule has 1 saturated heterocycles. The second-order valence-electron chi connectivity index (χ2n) is 9.27. The average molecular weight is 318 g/mol. The highest BCUT2D eigenvalue weighted by Crippen LogP contribution is 2.68. The van der Waals surface area contributed by atoms with Gasteiger partial charge >= 0.3 is 0 Å². The first kappa shape index (κ1) is 15.8. The summed E-state index contributed by atoms with van der Waals surface area (Å²) in [5, 5.41) is 0. The van der Waals surface area contributed by atoms with Gasteiger partial charge in [-0.3, -0.25) is 4.79 Å². The lowest BCUT2D eigenvalue weighted by molar-refractivity contribution is -0.285. The molecule has 0 unspecified atom stereocenters. The zero-order valence-electron chi connectivity index (χ0n) is 15.0. The molecular formula is C20H30O3. The molecule has 4 aliphatic rings. The molecule has 1 heterocycles. The first-order chi connectivity index (χ1) is 10.7. The normalized spacial score (nSPS) is 44.6. The van der Waals surface area contributed by atoms with Gasteiger partial charge in [-0.25, -0.2) is 0 Å². The molecule has 3 nitrogen and oxygen atoms in total. The summed E-state index contributed by atoms with van der Waals surface area (Å²) in [7, 11) is 0. The third-order valence-corrected chi connectivity index (χ3v) is 7.83. The first-order valence-corrected chi connectivity index (χ1v) is 9.27. The number of fused-ring (bicyclic) bond motifs is 3. The molecule has 3 fully saturated rings. The van der Waals surface area contributed by atoms with Crippen LogP contribution in [-0.4, -0.2) is 24.8 Å². The van der Waals surface area contributed by atoms with Crippen LogP contribution in [0.2, 0.25) is 0 Å². The van der Waals surface area contributed by atoms with Crippen molar-refractivity contribution in [3.63, 3.8) is 0 Å². The van der Waals surface area contributed by atoms with Crippen molar-refractivity contribution in [2.24, 2.45) is 22.2 Å². The molecule has 2 saturated carbocycles. The van der Waals surface area contributed by atoms with E-state index in [2.05, 4.69) is 27.7 Å². The summed E-state index contributed by atoms with van der Waals surface area (Å²) in [6.45, 7) is 10.9. The highest BCUT2D eigenvalue weighted by molar-refractivity contribution is 5.92. The van der Waals surface area contributed by atoms with Crippen molar-refractivity contribution in [1.29, 1.82) is 0 Å². The number of hydrogen-bond acceptors (Lipinski definition) is 3. The Morgan fingerprint density at radius 3 is 2.39 bits per heavy atom. The van der Waals surface area contributed by atoms with Gasteiger partial charge in [-0.2, -0.15) is 0 Å². The lowest BCUT2D eigenvalue weighted by Gasteiger charge is -2.64. The van der Waals surface area contributed by atoms with Crippen LogP contribution in [0.1, 0.15) is 66.2 Å². The molecule has 0 bridgehead atoms. The van der Waals surface area contributed by atoms with Crippen molar-refractivity contribution in [3.8, 4) is 0 Å². The van der Waals surface area contributed by atoms with Gasteiger partial charge < -0.3 is 9.47 Å². The monoisotopic (exact) mass is 318 g/mol. The van der Waals surface area contributed by atoms with E-state index in [1.807, 2.05) is 6.08 Å². The molecule has 0 aromatic carbocycles. The molecule has 4 rings (SSSR count). The van der Waals surface area contributed by atoms with Crippen molar-refractivity contribution in [2.45, 2.75) is 72.0 Å². The van der Waals surface area contributed by atoms with Crippen molar-refractivity contribution >= 4 is 5.78 Å². The van der Waals surface area contributed by atoms with E-state index >= 15 is 0 Å². The summed E-state index contributed by atoms with van der Waals surface area (Å²) in [5.74, 6) is 0.419. The van der Waals surface area contributed by atoms with Crippen molar-refractivity contribution in [1.82, 2.24) is 0 Å². The van der Waals surface area contributed by atoms with Crippen LogP contribution < -0.4 is 0 Å². The lowest BCUT2D eigenvalue weighted by Crippen LogP contribution is -2.61. The lowest BCUT2D eigenvalue weighted by atomic mass is 9.43. The van der Waals surface area contributed by atoms with E-state index < -0.39 is 5.79 Å². The first-order valence-electron chi connectivity index (χ1n) is 9.27. The molecule has 0 amide bonds. The predicted octanol–water partition coefficient (Wildman–Crippen LogP) is 4.26. The van der Waals surface area contributed by atoms with Gasteiger partial charge in [0.2, 0.25) is 0 Å². The van der Waals surface area contributed by atoms with Gasteiger partial charge in [-0.1, -0.05) is 33.3 Å². The highest BCUT2D eigenvalue weighted by Gasteiger charge is 2.65. The minimum absolute atomic E-state index is 0.0286.